The van der Waals surface area contributed by atoms with Gasteiger partial charge in [0.2, 0.25) is 0 Å². The summed E-state index contributed by atoms with van der Waals surface area (Å²) >= 11 is 1.32. The number of hydrogen-bond donors (Lipinski definition) is 2. The molecular weight excluding hydrogens is 448 g/mol. The van der Waals surface area contributed by atoms with Gasteiger partial charge in [-0.15, -0.1) is 18.3 Å². The molecule has 0 aliphatic heterocycles. The summed E-state index contributed by atoms with van der Waals surface area (Å²) in [6.45, 7) is 12.5. The number of hydrogen-bond acceptors (Lipinski definition) is 6. The number of ether oxygens (including phenoxy) is 1. The highest BCUT2D eigenvalue weighted by atomic mass is 32.2. The monoisotopic (exact) mass is 486 g/mol. The molecule has 0 heterocycles. The lowest BCUT2D eigenvalue weighted by molar-refractivity contribution is -0.205. The summed E-state index contributed by atoms with van der Waals surface area (Å²) in [6, 6.07) is 6.80. The fraction of sp³-hybridized carbons (Fsp3) is 0.643. The number of aliphatic hydroxyl groups is 1. The van der Waals surface area contributed by atoms with E-state index in [9.17, 15) is 19.8 Å². The molecule has 1 aromatic rings. The van der Waals surface area contributed by atoms with Gasteiger partial charge in [-0.2, -0.15) is 0 Å². The molecule has 8 atom stereocenters. The number of Topliss-reactive ketones (excluding diaryl/α,β-unsaturated/α-hetero) is 1. The van der Waals surface area contributed by atoms with Crippen LogP contribution in [-0.2, 0) is 14.3 Å². The maximum absolute atomic E-state index is 13.4. The Kier molecular flexibility index (Phi) is 6.71. The minimum atomic E-state index is -0.667. The molecule has 2 N–H and O–H groups in total. The molecule has 3 fully saturated rings. The van der Waals surface area contributed by atoms with Crippen molar-refractivity contribution in [2.75, 3.05) is 5.75 Å². The third-order valence-corrected chi connectivity index (χ3v) is 10.7. The van der Waals surface area contributed by atoms with Gasteiger partial charge >= 0.3 is 5.97 Å². The number of phenolic OH excluding ortho intramolecular Hbond substituents is 1. The normalized spacial score (nSPS) is 41.8. The van der Waals surface area contributed by atoms with Crippen LogP contribution in [0.25, 0.3) is 0 Å². The first kappa shape index (κ1) is 25.3. The topological polar surface area (TPSA) is 83.8 Å². The molecular formula is C28H38O5S. The number of phenols is 1. The Morgan fingerprint density at radius 1 is 1.29 bits per heavy atom. The van der Waals surface area contributed by atoms with E-state index in [2.05, 4.69) is 27.4 Å². The molecule has 0 saturated heterocycles. The maximum Gasteiger partial charge on any atom is 0.316 e. The Labute approximate surface area is 207 Å². The smallest absolute Gasteiger partial charge is 0.316 e. The van der Waals surface area contributed by atoms with Crippen molar-refractivity contribution in [2.45, 2.75) is 76.9 Å². The summed E-state index contributed by atoms with van der Waals surface area (Å²) < 4.78 is 6.24. The number of aliphatic hydroxyl groups excluding tert-OH is 1. The number of benzene rings is 1. The number of rotatable bonds is 5. The second-order valence-electron chi connectivity index (χ2n) is 11.4. The van der Waals surface area contributed by atoms with Gasteiger partial charge in [-0.25, -0.2) is 0 Å². The van der Waals surface area contributed by atoms with Crippen LogP contribution in [0.3, 0.4) is 0 Å². The summed E-state index contributed by atoms with van der Waals surface area (Å²) in [6.07, 6.45) is 4.27. The molecule has 5 nitrogen and oxygen atoms in total. The zero-order valence-corrected chi connectivity index (χ0v) is 21.6. The summed E-state index contributed by atoms with van der Waals surface area (Å²) in [5, 5.41) is 21.3. The first-order valence-corrected chi connectivity index (χ1v) is 13.4. The Morgan fingerprint density at radius 2 is 2.03 bits per heavy atom. The molecule has 186 valence electrons. The highest BCUT2D eigenvalue weighted by Gasteiger charge is 2.68. The number of ketones is 1. The van der Waals surface area contributed by atoms with Gasteiger partial charge in [-0.1, -0.05) is 39.8 Å². The van der Waals surface area contributed by atoms with E-state index in [0.29, 0.717) is 12.8 Å². The maximum atomic E-state index is 13.4. The average molecular weight is 487 g/mol. The zero-order valence-electron chi connectivity index (χ0n) is 20.8. The Balaban J connectivity index is 1.68. The predicted molar refractivity (Wildman–Crippen MR) is 133 cm³/mol. The quantitative estimate of drug-likeness (QED) is 0.330. The Bertz CT molecular complexity index is 977. The fourth-order valence-electron chi connectivity index (χ4n) is 7.41. The molecule has 0 aromatic heterocycles. The minimum absolute atomic E-state index is 0.0447. The fourth-order valence-corrected chi connectivity index (χ4v) is 8.14. The lowest BCUT2D eigenvalue weighted by Gasteiger charge is -2.61. The van der Waals surface area contributed by atoms with E-state index in [1.807, 2.05) is 19.1 Å². The van der Waals surface area contributed by atoms with Crippen molar-refractivity contribution in [3.63, 3.8) is 0 Å². The lowest BCUT2D eigenvalue weighted by atomic mass is 9.44. The molecule has 34 heavy (non-hydrogen) atoms. The van der Waals surface area contributed by atoms with Crippen molar-refractivity contribution in [2.24, 2.45) is 34.0 Å². The van der Waals surface area contributed by atoms with Gasteiger partial charge in [0.1, 0.15) is 17.6 Å². The summed E-state index contributed by atoms with van der Waals surface area (Å²) in [7, 11) is 0. The minimum Gasteiger partial charge on any atom is -0.508 e. The molecule has 3 unspecified atom stereocenters. The van der Waals surface area contributed by atoms with Crippen LogP contribution >= 0.6 is 11.8 Å². The van der Waals surface area contributed by atoms with Crippen molar-refractivity contribution in [1.29, 1.82) is 0 Å². The van der Waals surface area contributed by atoms with Crippen LogP contribution in [0.1, 0.15) is 59.8 Å². The van der Waals surface area contributed by atoms with Gasteiger partial charge in [-0.05, 0) is 61.1 Å². The van der Waals surface area contributed by atoms with Crippen LogP contribution < -0.4 is 0 Å². The highest BCUT2D eigenvalue weighted by Crippen LogP contribution is 2.68. The van der Waals surface area contributed by atoms with E-state index >= 15 is 0 Å². The molecule has 0 radical (unpaired) electrons. The van der Waals surface area contributed by atoms with Crippen LogP contribution in [-0.4, -0.2) is 39.9 Å². The third kappa shape index (κ3) is 3.91. The van der Waals surface area contributed by atoms with Gasteiger partial charge in [-0.3, -0.25) is 9.59 Å². The van der Waals surface area contributed by atoms with E-state index in [-0.39, 0.29) is 46.4 Å². The lowest BCUT2D eigenvalue weighted by Crippen LogP contribution is -2.63. The molecule has 3 aliphatic rings. The Morgan fingerprint density at radius 3 is 2.71 bits per heavy atom. The van der Waals surface area contributed by atoms with Gasteiger partial charge in [0.25, 0.3) is 0 Å². The largest absolute Gasteiger partial charge is 0.508 e. The average Bonchev–Trinajstić information content (AvgIpc) is 3.16. The van der Waals surface area contributed by atoms with E-state index in [4.69, 9.17) is 4.74 Å². The molecule has 6 heteroatoms. The Hall–Kier alpha value is -1.79. The summed E-state index contributed by atoms with van der Waals surface area (Å²) in [4.78, 5) is 27.3. The number of thioether (sulfide) groups is 1. The first-order chi connectivity index (χ1) is 16.0. The third-order valence-electron chi connectivity index (χ3n) is 9.75. The van der Waals surface area contributed by atoms with E-state index in [1.165, 1.54) is 11.8 Å². The van der Waals surface area contributed by atoms with Crippen LogP contribution in [0.2, 0.25) is 0 Å². The summed E-state index contributed by atoms with van der Waals surface area (Å²) in [5.74, 6) is 0.116. The zero-order chi connectivity index (χ0) is 24.9. The van der Waals surface area contributed by atoms with Gasteiger partial charge in [0, 0.05) is 28.1 Å². The standard InChI is InChI=1S/C28H38O5S/c1-6-26(4)15-22(33-23(31)16-34-20-9-7-8-19(29)14-20)27(5)17(2)10-12-28(18(3)25(26)32)13-11-21(30)24(27)28/h6-9,14,17-18,22,24-25,29,32H,1,10-13,15-16H2,2-5H3/t17?,18-,22+,24?,25-,26+,27-,28?/m0/s1. The summed E-state index contributed by atoms with van der Waals surface area (Å²) in [5.41, 5.74) is -1.41. The SMILES string of the molecule is C=C[C@]1(C)C[C@@H](OC(=O)CSc2cccc(O)c2)[C@]2(C)C(C)CCC3(CCC(=O)C32)[C@@H](C)[C@@H]1O. The van der Waals surface area contributed by atoms with Crippen LogP contribution in [0.15, 0.2) is 41.8 Å². The van der Waals surface area contributed by atoms with Crippen molar-refractivity contribution in [3.8, 4) is 5.75 Å². The van der Waals surface area contributed by atoms with Crippen molar-refractivity contribution < 1.29 is 24.5 Å². The molecule has 4 rings (SSSR count). The van der Waals surface area contributed by atoms with Crippen molar-refractivity contribution in [3.05, 3.63) is 36.9 Å². The molecule has 0 spiro atoms. The van der Waals surface area contributed by atoms with E-state index < -0.39 is 23.0 Å². The highest BCUT2D eigenvalue weighted by molar-refractivity contribution is 8.00. The van der Waals surface area contributed by atoms with Crippen LogP contribution in [0.4, 0.5) is 0 Å². The van der Waals surface area contributed by atoms with Gasteiger partial charge in [0.05, 0.1) is 11.9 Å². The van der Waals surface area contributed by atoms with Gasteiger partial charge < -0.3 is 14.9 Å². The molecule has 2 bridgehead atoms. The second kappa shape index (κ2) is 9.02. The number of esters is 1. The van der Waals surface area contributed by atoms with Gasteiger partial charge in [0.15, 0.2) is 0 Å². The first-order valence-electron chi connectivity index (χ1n) is 12.4. The van der Waals surface area contributed by atoms with Crippen molar-refractivity contribution in [1.82, 2.24) is 0 Å². The van der Waals surface area contributed by atoms with Crippen LogP contribution in [0, 0.1) is 34.0 Å². The number of aromatic hydroxyl groups is 1. The second-order valence-corrected chi connectivity index (χ2v) is 12.4. The number of carbonyl (C=O) groups is 2. The van der Waals surface area contributed by atoms with Crippen molar-refractivity contribution >= 4 is 23.5 Å². The predicted octanol–water partition coefficient (Wildman–Crippen LogP) is 5.39. The van der Waals surface area contributed by atoms with E-state index in [1.54, 1.807) is 18.2 Å². The molecule has 0 amide bonds. The molecule has 1 aromatic carbocycles. The van der Waals surface area contributed by atoms with Crippen LogP contribution in [0.5, 0.6) is 5.75 Å². The molecule has 3 aliphatic carbocycles. The number of carbonyl (C=O) groups excluding carboxylic acids is 2. The molecule has 3 saturated carbocycles. The van der Waals surface area contributed by atoms with E-state index in [0.717, 1.165) is 24.2 Å².